The summed E-state index contributed by atoms with van der Waals surface area (Å²) >= 11 is 0. The molecular formula is C13H16N2O3. The van der Waals surface area contributed by atoms with Crippen molar-refractivity contribution in [3.8, 4) is 5.75 Å². The number of carbonyl (C=O) groups excluding carboxylic acids is 1. The van der Waals surface area contributed by atoms with Gasteiger partial charge in [0.15, 0.2) is 11.4 Å². The maximum atomic E-state index is 11.8. The number of carbonyl (C=O) groups is 1. The Balaban J connectivity index is 2.25. The lowest BCUT2D eigenvalue weighted by atomic mass is 10.2. The molecule has 18 heavy (non-hydrogen) atoms. The molecule has 0 aliphatic heterocycles. The summed E-state index contributed by atoms with van der Waals surface area (Å²) in [4.78, 5) is 15.8. The highest BCUT2D eigenvalue weighted by Gasteiger charge is 2.17. The molecule has 5 heteroatoms. The van der Waals surface area contributed by atoms with Crippen molar-refractivity contribution in [3.05, 3.63) is 30.2 Å². The third kappa shape index (κ3) is 2.61. The van der Waals surface area contributed by atoms with Gasteiger partial charge in [0.2, 0.25) is 0 Å². The molecule has 0 atom stereocenters. The van der Waals surface area contributed by atoms with Crippen LogP contribution in [0.4, 0.5) is 0 Å². The van der Waals surface area contributed by atoms with E-state index in [9.17, 15) is 9.90 Å². The Hall–Kier alpha value is -2.04. The van der Waals surface area contributed by atoms with Gasteiger partial charge in [0.05, 0.1) is 6.42 Å². The Morgan fingerprint density at radius 3 is 2.83 bits per heavy atom. The highest BCUT2D eigenvalue weighted by Crippen LogP contribution is 2.19. The molecule has 0 aliphatic carbocycles. The molecule has 0 unspecified atom stereocenters. The first-order chi connectivity index (χ1) is 8.37. The number of aromatic hydroxyl groups is 1. The molecule has 2 aromatic heterocycles. The summed E-state index contributed by atoms with van der Waals surface area (Å²) in [5, 5.41) is 9.61. The minimum atomic E-state index is -0.498. The van der Waals surface area contributed by atoms with E-state index in [2.05, 4.69) is 4.98 Å². The summed E-state index contributed by atoms with van der Waals surface area (Å²) in [5.41, 5.74) is 0.674. The maximum absolute atomic E-state index is 11.8. The van der Waals surface area contributed by atoms with Gasteiger partial charge in [0.25, 0.3) is 0 Å². The Bertz CT molecular complexity index is 581. The first kappa shape index (κ1) is 12.4. The Morgan fingerprint density at radius 2 is 2.17 bits per heavy atom. The van der Waals surface area contributed by atoms with Crippen molar-refractivity contribution in [2.45, 2.75) is 32.8 Å². The second kappa shape index (κ2) is 4.33. The molecule has 0 amide bonds. The number of hydrogen-bond acceptors (Lipinski definition) is 4. The highest BCUT2D eigenvalue weighted by molar-refractivity contribution is 5.73. The number of rotatable bonds is 2. The summed E-state index contributed by atoms with van der Waals surface area (Å²) in [6, 6.07) is 3.22. The monoisotopic (exact) mass is 248 g/mol. The predicted molar refractivity (Wildman–Crippen MR) is 66.4 cm³/mol. The van der Waals surface area contributed by atoms with Crippen LogP contribution < -0.4 is 0 Å². The normalized spacial score (nSPS) is 11.7. The van der Waals surface area contributed by atoms with Gasteiger partial charge in [-0.25, -0.2) is 4.98 Å². The van der Waals surface area contributed by atoms with Crippen LogP contribution in [0.1, 0.15) is 26.5 Å². The fourth-order valence-corrected chi connectivity index (χ4v) is 1.72. The topological polar surface area (TPSA) is 63.8 Å². The van der Waals surface area contributed by atoms with Gasteiger partial charge in [-0.05, 0) is 32.9 Å². The quantitative estimate of drug-likeness (QED) is 0.825. The van der Waals surface area contributed by atoms with Crippen molar-refractivity contribution in [2.75, 3.05) is 0 Å². The predicted octanol–water partition coefficient (Wildman–Crippen LogP) is 1.92. The molecule has 2 aromatic rings. The average molecular weight is 248 g/mol. The first-order valence-corrected chi connectivity index (χ1v) is 5.72. The number of nitrogens with zero attached hydrogens (tertiary/aromatic N) is 2. The Morgan fingerprint density at radius 1 is 1.44 bits per heavy atom. The van der Waals surface area contributed by atoms with E-state index in [1.807, 2.05) is 20.8 Å². The molecule has 2 heterocycles. The number of hydrogen-bond donors (Lipinski definition) is 1. The molecule has 0 spiro atoms. The van der Waals surface area contributed by atoms with Gasteiger partial charge in [0.1, 0.15) is 5.60 Å². The minimum Gasteiger partial charge on any atom is -0.504 e. The van der Waals surface area contributed by atoms with Gasteiger partial charge in [0, 0.05) is 18.1 Å². The molecule has 0 aromatic carbocycles. The lowest BCUT2D eigenvalue weighted by molar-refractivity contribution is -0.154. The van der Waals surface area contributed by atoms with E-state index in [4.69, 9.17) is 4.74 Å². The molecular weight excluding hydrogens is 232 g/mol. The largest absolute Gasteiger partial charge is 0.504 e. The van der Waals surface area contributed by atoms with Crippen LogP contribution in [0.15, 0.2) is 24.5 Å². The van der Waals surface area contributed by atoms with Crippen LogP contribution in [0.2, 0.25) is 0 Å². The van der Waals surface area contributed by atoms with E-state index < -0.39 is 5.60 Å². The zero-order valence-corrected chi connectivity index (χ0v) is 10.7. The summed E-state index contributed by atoms with van der Waals surface area (Å²) in [5.74, 6) is -0.212. The molecule has 0 saturated heterocycles. The molecule has 96 valence electrons. The second-order valence-electron chi connectivity index (χ2n) is 5.09. The van der Waals surface area contributed by atoms with Crippen LogP contribution in [-0.4, -0.2) is 26.1 Å². The molecule has 5 nitrogen and oxygen atoms in total. The number of aromatic nitrogens is 2. The Kier molecular flexibility index (Phi) is 2.98. The van der Waals surface area contributed by atoms with Crippen molar-refractivity contribution >= 4 is 11.6 Å². The highest BCUT2D eigenvalue weighted by atomic mass is 16.6. The van der Waals surface area contributed by atoms with E-state index in [1.165, 1.54) is 6.07 Å². The third-order valence-corrected chi connectivity index (χ3v) is 2.36. The maximum Gasteiger partial charge on any atom is 0.312 e. The number of fused-ring (bicyclic) bond motifs is 1. The zero-order valence-electron chi connectivity index (χ0n) is 10.7. The summed E-state index contributed by atoms with van der Waals surface area (Å²) < 4.78 is 6.94. The summed E-state index contributed by atoms with van der Waals surface area (Å²) in [6.45, 7) is 5.48. The number of imidazole rings is 1. The van der Waals surface area contributed by atoms with Gasteiger partial charge in [-0.3, -0.25) is 4.79 Å². The van der Waals surface area contributed by atoms with E-state index in [0.717, 1.165) is 5.69 Å². The lowest BCUT2D eigenvalue weighted by Gasteiger charge is -2.19. The fraction of sp³-hybridized carbons (Fsp3) is 0.385. The van der Waals surface area contributed by atoms with Gasteiger partial charge >= 0.3 is 5.97 Å². The molecule has 0 bridgehead atoms. The minimum absolute atomic E-state index is 0.0907. The third-order valence-electron chi connectivity index (χ3n) is 2.36. The van der Waals surface area contributed by atoms with Gasteiger partial charge in [-0.2, -0.15) is 0 Å². The van der Waals surface area contributed by atoms with Gasteiger partial charge < -0.3 is 14.2 Å². The molecule has 0 radical (unpaired) electrons. The van der Waals surface area contributed by atoms with Crippen LogP contribution >= 0.6 is 0 Å². The van der Waals surface area contributed by atoms with E-state index in [1.54, 1.807) is 22.9 Å². The van der Waals surface area contributed by atoms with E-state index in [0.29, 0.717) is 5.65 Å². The van der Waals surface area contributed by atoms with Crippen molar-refractivity contribution < 1.29 is 14.6 Å². The van der Waals surface area contributed by atoms with Crippen molar-refractivity contribution in [1.82, 2.24) is 9.38 Å². The second-order valence-corrected chi connectivity index (χ2v) is 5.09. The average Bonchev–Trinajstić information content (AvgIpc) is 2.69. The number of esters is 1. The van der Waals surface area contributed by atoms with Crippen molar-refractivity contribution in [3.63, 3.8) is 0 Å². The van der Waals surface area contributed by atoms with E-state index in [-0.39, 0.29) is 18.1 Å². The van der Waals surface area contributed by atoms with Crippen LogP contribution in [0.3, 0.4) is 0 Å². The molecule has 2 rings (SSSR count). The van der Waals surface area contributed by atoms with Crippen LogP contribution in [0.25, 0.3) is 5.65 Å². The SMILES string of the molecule is CC(C)(C)OC(=O)Cc1ccc(O)c2nccn12. The smallest absolute Gasteiger partial charge is 0.312 e. The van der Waals surface area contributed by atoms with Crippen molar-refractivity contribution in [2.24, 2.45) is 0 Å². The zero-order chi connectivity index (χ0) is 13.3. The van der Waals surface area contributed by atoms with Crippen LogP contribution in [0, 0.1) is 0 Å². The van der Waals surface area contributed by atoms with Crippen molar-refractivity contribution in [1.29, 1.82) is 0 Å². The molecule has 0 fully saturated rings. The first-order valence-electron chi connectivity index (χ1n) is 5.72. The lowest BCUT2D eigenvalue weighted by Crippen LogP contribution is -2.25. The number of ether oxygens (including phenoxy) is 1. The number of pyridine rings is 1. The summed E-state index contributed by atoms with van der Waals surface area (Å²) in [7, 11) is 0. The molecule has 1 N–H and O–H groups in total. The van der Waals surface area contributed by atoms with Gasteiger partial charge in [-0.1, -0.05) is 0 Å². The summed E-state index contributed by atoms with van der Waals surface area (Å²) in [6.07, 6.45) is 3.42. The fourth-order valence-electron chi connectivity index (χ4n) is 1.72. The standard InChI is InChI=1S/C13H16N2O3/c1-13(2,3)18-11(17)8-9-4-5-10(16)12-14-6-7-15(9)12/h4-7,16H,8H2,1-3H3. The molecule has 0 aliphatic rings. The van der Waals surface area contributed by atoms with Crippen LogP contribution in [-0.2, 0) is 16.0 Å². The van der Waals surface area contributed by atoms with Crippen LogP contribution in [0.5, 0.6) is 5.75 Å². The Labute approximate surface area is 105 Å². The molecule has 0 saturated carbocycles. The van der Waals surface area contributed by atoms with Gasteiger partial charge in [-0.15, -0.1) is 0 Å². The van der Waals surface area contributed by atoms with E-state index >= 15 is 0 Å².